The predicted octanol–water partition coefficient (Wildman–Crippen LogP) is 7.68. The molecule has 2 heterocycles. The van der Waals surface area contributed by atoms with Crippen LogP contribution in [-0.2, 0) is 19.3 Å². The Morgan fingerprint density at radius 1 is 0.674 bits per heavy atom. The Bertz CT molecular complexity index is 1360. The summed E-state index contributed by atoms with van der Waals surface area (Å²) in [5.41, 5.74) is -0.974. The molecule has 2 aliphatic heterocycles. The minimum Gasteiger partial charge on any atom is -0.336 e. The Kier molecular flexibility index (Phi) is 10.4. The molecule has 2 fully saturated rings. The maximum atomic E-state index is 14.4. The Balaban J connectivity index is 1.59. The van der Waals surface area contributed by atoms with Crippen LogP contribution in [0.2, 0.25) is 10.0 Å². The largest absolute Gasteiger partial charge is 0.356 e. The molecule has 0 aliphatic carbocycles. The van der Waals surface area contributed by atoms with Crippen LogP contribution in [0, 0.1) is 11.6 Å². The second-order valence-corrected chi connectivity index (χ2v) is 15.7. The first kappa shape index (κ1) is 35.9. The number of hydroxylamine groups is 2. The van der Waals surface area contributed by atoms with Crippen LogP contribution in [0.4, 0.5) is 20.2 Å². The van der Waals surface area contributed by atoms with Crippen LogP contribution in [0.25, 0.3) is 0 Å². The van der Waals surface area contributed by atoms with Crippen LogP contribution in [0.5, 0.6) is 0 Å². The van der Waals surface area contributed by atoms with E-state index in [2.05, 4.69) is 10.6 Å². The predicted molar refractivity (Wildman–Crippen MR) is 178 cm³/mol. The molecule has 12 heteroatoms. The number of nitrogens with zero attached hydrogens (tertiary/aromatic N) is 2. The highest BCUT2D eigenvalue weighted by Crippen LogP contribution is 2.39. The van der Waals surface area contributed by atoms with Crippen molar-refractivity contribution in [3.8, 4) is 0 Å². The summed E-state index contributed by atoms with van der Waals surface area (Å²) < 4.78 is 28.8. The highest BCUT2D eigenvalue weighted by Gasteiger charge is 2.43. The third-order valence-corrected chi connectivity index (χ3v) is 8.66. The van der Waals surface area contributed by atoms with Crippen molar-refractivity contribution in [1.29, 1.82) is 0 Å². The van der Waals surface area contributed by atoms with Crippen LogP contribution >= 0.6 is 23.2 Å². The van der Waals surface area contributed by atoms with Crippen molar-refractivity contribution < 1.29 is 28.0 Å². The number of carbonyl (C=O) groups excluding carboxylic acids is 2. The number of anilines is 2. The molecule has 0 saturated carbocycles. The molecule has 0 unspecified atom stereocenters. The number of piperidine rings is 2. The Morgan fingerprint density at radius 2 is 0.978 bits per heavy atom. The molecule has 2 aromatic rings. The maximum Gasteiger partial charge on any atom is 0.356 e. The minimum atomic E-state index is -0.897. The Morgan fingerprint density at radius 3 is 1.28 bits per heavy atom. The summed E-state index contributed by atoms with van der Waals surface area (Å²) in [6.45, 7) is 16.3. The lowest BCUT2D eigenvalue weighted by Crippen LogP contribution is -2.62. The van der Waals surface area contributed by atoms with Gasteiger partial charge in [-0.3, -0.25) is 0 Å². The molecule has 0 atom stereocenters. The number of benzene rings is 2. The number of nitrogens with one attached hydrogen (secondary N) is 2. The van der Waals surface area contributed by atoms with Gasteiger partial charge in [-0.2, -0.15) is 0 Å². The standard InChI is InChI=1S/C34H44Cl2F2N4O4/c1-31(2)17-23(18-32(3,4)39-31)41(27-15-21(37)9-11-25(27)35)45-29(43)13-14-30(44)46-42(28-16-22(38)10-12-26(28)36)24-19-33(5,6)40-34(7,8)20-24/h9-16,23-24,39-40H,17-20H2,1-8H3/b14-13+. The molecule has 0 spiro atoms. The van der Waals surface area contributed by atoms with Gasteiger partial charge in [0.05, 0.1) is 33.5 Å². The van der Waals surface area contributed by atoms with Gasteiger partial charge in [0.15, 0.2) is 0 Å². The third kappa shape index (κ3) is 9.33. The van der Waals surface area contributed by atoms with E-state index in [1.165, 1.54) is 46.5 Å². The molecule has 0 amide bonds. The topological polar surface area (TPSA) is 83.1 Å². The lowest BCUT2D eigenvalue weighted by atomic mass is 9.79. The van der Waals surface area contributed by atoms with Gasteiger partial charge in [0.1, 0.15) is 11.6 Å². The van der Waals surface area contributed by atoms with Gasteiger partial charge < -0.3 is 20.3 Å². The molecular formula is C34H44Cl2F2N4O4. The molecule has 2 aromatic carbocycles. The van der Waals surface area contributed by atoms with Crippen molar-refractivity contribution in [1.82, 2.24) is 10.6 Å². The van der Waals surface area contributed by atoms with Gasteiger partial charge in [0, 0.05) is 46.4 Å². The SMILES string of the molecule is CC1(C)CC(N(OC(=O)/C=C/C(=O)ON(c2cc(F)ccc2Cl)C2CC(C)(C)NC(C)(C)C2)c2cc(F)ccc2Cl)CC(C)(C)N1. The van der Waals surface area contributed by atoms with Crippen LogP contribution in [0.1, 0.15) is 81.1 Å². The smallest absolute Gasteiger partial charge is 0.336 e. The van der Waals surface area contributed by atoms with Crippen LogP contribution in [-0.4, -0.2) is 46.2 Å². The molecule has 252 valence electrons. The average Bonchev–Trinajstić information content (AvgIpc) is 2.88. The minimum absolute atomic E-state index is 0.188. The molecule has 46 heavy (non-hydrogen) atoms. The van der Waals surface area contributed by atoms with Crippen molar-refractivity contribution in [3.63, 3.8) is 0 Å². The van der Waals surface area contributed by atoms with Gasteiger partial charge in [-0.25, -0.2) is 28.5 Å². The molecule has 2 aliphatic rings. The first-order valence-corrected chi connectivity index (χ1v) is 16.1. The van der Waals surface area contributed by atoms with Gasteiger partial charge in [-0.15, -0.1) is 0 Å². The zero-order valence-electron chi connectivity index (χ0n) is 27.6. The van der Waals surface area contributed by atoms with Crippen molar-refractivity contribution >= 4 is 46.5 Å². The first-order chi connectivity index (χ1) is 21.1. The lowest BCUT2D eigenvalue weighted by Gasteiger charge is -2.49. The van der Waals surface area contributed by atoms with Gasteiger partial charge in [0.25, 0.3) is 0 Å². The van der Waals surface area contributed by atoms with Crippen molar-refractivity contribution in [2.24, 2.45) is 0 Å². The van der Waals surface area contributed by atoms with Crippen LogP contribution in [0.3, 0.4) is 0 Å². The summed E-state index contributed by atoms with van der Waals surface area (Å²) in [5, 5.41) is 10.2. The zero-order valence-corrected chi connectivity index (χ0v) is 29.2. The Labute approximate surface area is 280 Å². The molecule has 4 rings (SSSR count). The van der Waals surface area contributed by atoms with E-state index in [0.717, 1.165) is 12.2 Å². The highest BCUT2D eigenvalue weighted by atomic mass is 35.5. The van der Waals surface area contributed by atoms with E-state index in [-0.39, 0.29) is 55.7 Å². The number of carbonyl (C=O) groups is 2. The molecule has 0 radical (unpaired) electrons. The van der Waals surface area contributed by atoms with Crippen LogP contribution < -0.4 is 20.8 Å². The zero-order chi connectivity index (χ0) is 34.2. The monoisotopic (exact) mass is 680 g/mol. The molecule has 2 saturated heterocycles. The summed E-state index contributed by atoms with van der Waals surface area (Å²) >= 11 is 12.9. The second kappa shape index (κ2) is 13.3. The van der Waals surface area contributed by atoms with E-state index >= 15 is 0 Å². The van der Waals surface area contributed by atoms with Crippen molar-refractivity contribution in [2.75, 3.05) is 10.1 Å². The molecule has 8 nitrogen and oxygen atoms in total. The normalized spacial score (nSPS) is 20.7. The summed E-state index contributed by atoms with van der Waals surface area (Å²) in [5.74, 6) is -2.89. The molecular weight excluding hydrogens is 637 g/mol. The van der Waals surface area contributed by atoms with E-state index in [1.54, 1.807) is 0 Å². The quantitative estimate of drug-likeness (QED) is 0.217. The van der Waals surface area contributed by atoms with E-state index < -0.39 is 23.6 Å². The molecule has 0 aromatic heterocycles. The van der Waals surface area contributed by atoms with Crippen LogP contribution in [0.15, 0.2) is 48.6 Å². The fourth-order valence-electron chi connectivity index (χ4n) is 7.21. The first-order valence-electron chi connectivity index (χ1n) is 15.3. The number of hydrogen-bond acceptors (Lipinski definition) is 8. The maximum absolute atomic E-state index is 14.4. The highest BCUT2D eigenvalue weighted by molar-refractivity contribution is 6.33. The van der Waals surface area contributed by atoms with Gasteiger partial charge in [0.2, 0.25) is 0 Å². The van der Waals surface area contributed by atoms with E-state index in [0.29, 0.717) is 25.7 Å². The second-order valence-electron chi connectivity index (χ2n) is 14.9. The fraction of sp³-hybridized carbons (Fsp3) is 0.529. The third-order valence-electron chi connectivity index (χ3n) is 8.02. The fourth-order valence-corrected chi connectivity index (χ4v) is 7.61. The summed E-state index contributed by atoms with van der Waals surface area (Å²) in [6.07, 6.45) is 4.07. The van der Waals surface area contributed by atoms with Gasteiger partial charge in [-0.1, -0.05) is 23.2 Å². The van der Waals surface area contributed by atoms with Gasteiger partial charge in [-0.05, 0) is 105 Å². The summed E-state index contributed by atoms with van der Waals surface area (Å²) in [6, 6.07) is 6.91. The Hall–Kier alpha value is -2.92. The van der Waals surface area contributed by atoms with E-state index in [1.807, 2.05) is 55.4 Å². The van der Waals surface area contributed by atoms with Crippen molar-refractivity contribution in [2.45, 2.75) is 115 Å². The lowest BCUT2D eigenvalue weighted by molar-refractivity contribution is -0.143. The number of halogens is 4. The molecule has 2 N–H and O–H groups in total. The van der Waals surface area contributed by atoms with E-state index in [4.69, 9.17) is 32.9 Å². The number of rotatable bonds is 8. The molecule has 0 bridgehead atoms. The number of hydrogen-bond donors (Lipinski definition) is 2. The van der Waals surface area contributed by atoms with Gasteiger partial charge >= 0.3 is 11.9 Å². The summed E-state index contributed by atoms with van der Waals surface area (Å²) in [4.78, 5) is 38.0. The van der Waals surface area contributed by atoms with E-state index in [9.17, 15) is 18.4 Å². The van der Waals surface area contributed by atoms with Crippen molar-refractivity contribution in [3.05, 3.63) is 70.2 Å². The average molecular weight is 682 g/mol. The summed E-state index contributed by atoms with van der Waals surface area (Å²) in [7, 11) is 0.